The molecule has 2 aliphatic rings. The van der Waals surface area contributed by atoms with Gasteiger partial charge in [-0.15, -0.1) is 0 Å². The maximum Gasteiger partial charge on any atom is 0.317 e. The Balaban J connectivity index is 1.75. The van der Waals surface area contributed by atoms with Crippen LogP contribution in [0.4, 0.5) is 4.79 Å². The second-order valence-corrected chi connectivity index (χ2v) is 8.46. The molecular formula is C13H25N3O3S. The molecule has 0 bridgehead atoms. The molecule has 2 saturated heterocycles. The number of rotatable bonds is 3. The smallest absolute Gasteiger partial charge is 0.317 e. The highest BCUT2D eigenvalue weighted by Gasteiger charge is 2.30. The third-order valence-electron chi connectivity index (χ3n) is 3.84. The van der Waals surface area contributed by atoms with Crippen LogP contribution in [0.2, 0.25) is 0 Å². The Labute approximate surface area is 121 Å². The van der Waals surface area contributed by atoms with Crippen LogP contribution in [-0.2, 0) is 9.84 Å². The van der Waals surface area contributed by atoms with Crippen molar-refractivity contribution in [2.24, 2.45) is 5.92 Å². The molecule has 116 valence electrons. The Kier molecular flexibility index (Phi) is 4.90. The van der Waals surface area contributed by atoms with E-state index in [4.69, 9.17) is 0 Å². The maximum atomic E-state index is 12.1. The number of piperazine rings is 1. The Morgan fingerprint density at radius 3 is 2.40 bits per heavy atom. The molecule has 1 atom stereocenters. The molecule has 0 radical (unpaired) electrons. The molecular weight excluding hydrogens is 278 g/mol. The average Bonchev–Trinajstić information content (AvgIpc) is 2.68. The fourth-order valence-corrected chi connectivity index (χ4v) is 4.50. The highest BCUT2D eigenvalue weighted by molar-refractivity contribution is 7.91. The molecule has 2 heterocycles. The van der Waals surface area contributed by atoms with E-state index in [0.717, 1.165) is 32.7 Å². The molecule has 2 amide bonds. The van der Waals surface area contributed by atoms with Gasteiger partial charge in [0.05, 0.1) is 11.5 Å². The van der Waals surface area contributed by atoms with Gasteiger partial charge in [-0.1, -0.05) is 13.8 Å². The number of hydrogen-bond donors (Lipinski definition) is 1. The van der Waals surface area contributed by atoms with Crippen LogP contribution in [0.5, 0.6) is 0 Å². The summed E-state index contributed by atoms with van der Waals surface area (Å²) in [6, 6.07) is -0.322. The lowest BCUT2D eigenvalue weighted by molar-refractivity contribution is 0.130. The first kappa shape index (κ1) is 15.6. The fraction of sp³-hybridized carbons (Fsp3) is 0.923. The molecule has 1 N–H and O–H groups in total. The number of hydrogen-bond acceptors (Lipinski definition) is 4. The van der Waals surface area contributed by atoms with Gasteiger partial charge in [-0.05, 0) is 12.3 Å². The maximum absolute atomic E-state index is 12.1. The normalized spacial score (nSPS) is 26.9. The van der Waals surface area contributed by atoms with E-state index in [1.807, 2.05) is 0 Å². The second kappa shape index (κ2) is 6.30. The minimum atomic E-state index is -2.94. The first-order valence-corrected chi connectivity index (χ1v) is 9.16. The molecule has 0 aromatic heterocycles. The molecule has 0 aromatic carbocycles. The van der Waals surface area contributed by atoms with E-state index in [-0.39, 0.29) is 23.6 Å². The first-order valence-electron chi connectivity index (χ1n) is 7.34. The van der Waals surface area contributed by atoms with Gasteiger partial charge in [-0.3, -0.25) is 4.90 Å². The van der Waals surface area contributed by atoms with E-state index in [2.05, 4.69) is 24.1 Å². The number of nitrogens with one attached hydrogen (secondary N) is 1. The number of carbonyl (C=O) groups excluding carboxylic acids is 1. The Morgan fingerprint density at radius 2 is 1.90 bits per heavy atom. The van der Waals surface area contributed by atoms with E-state index >= 15 is 0 Å². The summed E-state index contributed by atoms with van der Waals surface area (Å²) in [5.41, 5.74) is 0. The van der Waals surface area contributed by atoms with E-state index in [9.17, 15) is 13.2 Å². The summed E-state index contributed by atoms with van der Waals surface area (Å²) in [4.78, 5) is 16.3. The first-order chi connectivity index (χ1) is 9.35. The van der Waals surface area contributed by atoms with Crippen molar-refractivity contribution in [3.05, 3.63) is 0 Å². The lowest BCUT2D eigenvalue weighted by atomic mass is 10.2. The third-order valence-corrected chi connectivity index (χ3v) is 5.61. The molecule has 2 aliphatic heterocycles. The summed E-state index contributed by atoms with van der Waals surface area (Å²) in [6.07, 6.45) is 0.543. The number of sulfone groups is 1. The molecule has 0 saturated carbocycles. The Hall–Kier alpha value is -0.820. The Bertz CT molecular complexity index is 442. The largest absolute Gasteiger partial charge is 0.334 e. The van der Waals surface area contributed by atoms with Crippen LogP contribution in [0.25, 0.3) is 0 Å². The van der Waals surface area contributed by atoms with Crippen molar-refractivity contribution in [3.63, 3.8) is 0 Å². The number of amides is 2. The molecule has 0 aliphatic carbocycles. The van der Waals surface area contributed by atoms with Gasteiger partial charge in [0.1, 0.15) is 0 Å². The molecule has 20 heavy (non-hydrogen) atoms. The average molecular weight is 303 g/mol. The van der Waals surface area contributed by atoms with Gasteiger partial charge in [-0.25, -0.2) is 13.2 Å². The lowest BCUT2D eigenvalue weighted by Gasteiger charge is -2.35. The summed E-state index contributed by atoms with van der Waals surface area (Å²) in [6.45, 7) is 8.69. The van der Waals surface area contributed by atoms with Crippen molar-refractivity contribution >= 4 is 15.9 Å². The zero-order valence-corrected chi connectivity index (χ0v) is 13.2. The topological polar surface area (TPSA) is 69.7 Å². The predicted molar refractivity (Wildman–Crippen MR) is 78.4 cm³/mol. The van der Waals surface area contributed by atoms with Crippen LogP contribution < -0.4 is 5.32 Å². The van der Waals surface area contributed by atoms with Crippen LogP contribution in [0.1, 0.15) is 20.3 Å². The minimum Gasteiger partial charge on any atom is -0.334 e. The zero-order chi connectivity index (χ0) is 14.8. The second-order valence-electron chi connectivity index (χ2n) is 6.23. The standard InChI is InChI=1S/C13H25N3O3S/c1-11(2)9-15-4-6-16(7-5-15)13(17)14-12-3-8-20(18,19)10-12/h11-12H,3-10H2,1-2H3,(H,14,17). The summed E-state index contributed by atoms with van der Waals surface area (Å²) >= 11 is 0. The van der Waals surface area contributed by atoms with Crippen LogP contribution in [0.3, 0.4) is 0 Å². The van der Waals surface area contributed by atoms with Crippen LogP contribution in [-0.4, -0.2) is 74.5 Å². The van der Waals surface area contributed by atoms with Crippen molar-refractivity contribution < 1.29 is 13.2 Å². The zero-order valence-electron chi connectivity index (χ0n) is 12.3. The molecule has 1 unspecified atom stereocenters. The van der Waals surface area contributed by atoms with Crippen LogP contribution in [0.15, 0.2) is 0 Å². The highest BCUT2D eigenvalue weighted by atomic mass is 32.2. The predicted octanol–water partition coefficient (Wildman–Crippen LogP) is 0.157. The van der Waals surface area contributed by atoms with E-state index in [1.54, 1.807) is 4.90 Å². The molecule has 7 heteroatoms. The molecule has 6 nitrogen and oxygen atoms in total. The van der Waals surface area contributed by atoms with Crippen LogP contribution >= 0.6 is 0 Å². The van der Waals surface area contributed by atoms with Crippen molar-refractivity contribution in [1.82, 2.24) is 15.1 Å². The molecule has 0 aromatic rings. The summed E-state index contributed by atoms with van der Waals surface area (Å²) in [5.74, 6) is 0.922. The van der Waals surface area contributed by atoms with Gasteiger partial charge >= 0.3 is 6.03 Å². The van der Waals surface area contributed by atoms with Gasteiger partial charge in [0.15, 0.2) is 9.84 Å². The highest BCUT2D eigenvalue weighted by Crippen LogP contribution is 2.12. The summed E-state index contributed by atoms with van der Waals surface area (Å²) < 4.78 is 22.7. The molecule has 0 spiro atoms. The molecule has 2 fully saturated rings. The van der Waals surface area contributed by atoms with Gasteiger partial charge in [0.25, 0.3) is 0 Å². The van der Waals surface area contributed by atoms with Gasteiger partial charge in [0.2, 0.25) is 0 Å². The number of urea groups is 1. The van der Waals surface area contributed by atoms with Crippen molar-refractivity contribution in [2.75, 3.05) is 44.2 Å². The van der Waals surface area contributed by atoms with Gasteiger partial charge in [-0.2, -0.15) is 0 Å². The van der Waals surface area contributed by atoms with E-state index in [1.165, 1.54) is 0 Å². The van der Waals surface area contributed by atoms with Gasteiger partial charge in [0, 0.05) is 38.8 Å². The van der Waals surface area contributed by atoms with E-state index < -0.39 is 9.84 Å². The Morgan fingerprint density at radius 1 is 1.25 bits per heavy atom. The summed E-state index contributed by atoms with van der Waals surface area (Å²) in [7, 11) is -2.94. The SMILES string of the molecule is CC(C)CN1CCN(C(=O)NC2CCS(=O)(=O)C2)CC1. The third kappa shape index (κ3) is 4.34. The monoisotopic (exact) mass is 303 g/mol. The minimum absolute atomic E-state index is 0.0893. The summed E-state index contributed by atoms with van der Waals surface area (Å²) in [5, 5.41) is 2.85. The van der Waals surface area contributed by atoms with Crippen molar-refractivity contribution in [1.29, 1.82) is 0 Å². The fourth-order valence-electron chi connectivity index (χ4n) is 2.82. The van der Waals surface area contributed by atoms with Crippen molar-refractivity contribution in [3.8, 4) is 0 Å². The van der Waals surface area contributed by atoms with E-state index in [0.29, 0.717) is 12.3 Å². The number of nitrogens with zero attached hydrogens (tertiary/aromatic N) is 2. The lowest BCUT2D eigenvalue weighted by Crippen LogP contribution is -2.54. The van der Waals surface area contributed by atoms with Crippen molar-refractivity contribution in [2.45, 2.75) is 26.3 Å². The van der Waals surface area contributed by atoms with Crippen LogP contribution in [0, 0.1) is 5.92 Å². The van der Waals surface area contributed by atoms with Gasteiger partial charge < -0.3 is 10.2 Å². The molecule has 2 rings (SSSR count). The number of carbonyl (C=O) groups is 1. The quantitative estimate of drug-likeness (QED) is 0.806.